The van der Waals surface area contributed by atoms with Crippen LogP contribution in [0.25, 0.3) is 0 Å². The van der Waals surface area contributed by atoms with E-state index in [4.69, 9.17) is 10.2 Å². The third-order valence-corrected chi connectivity index (χ3v) is 9.67. The molecule has 0 aliphatic heterocycles. The zero-order chi connectivity index (χ0) is 15.7. The molecular weight excluding hydrogens is 276 g/mol. The number of hydrogen-bond acceptors (Lipinski definition) is 3. The Morgan fingerprint density at radius 3 is 2.76 bits per heavy atom. The van der Waals surface area contributed by atoms with Crippen LogP contribution >= 0.6 is 0 Å². The van der Waals surface area contributed by atoms with E-state index in [1.54, 1.807) is 0 Å². The molecule has 0 radical (unpaired) electrons. The van der Waals surface area contributed by atoms with Crippen LogP contribution in [0.15, 0.2) is 18.3 Å². The van der Waals surface area contributed by atoms with Gasteiger partial charge in [0.15, 0.2) is 8.32 Å². The van der Waals surface area contributed by atoms with Gasteiger partial charge in [-0.1, -0.05) is 26.8 Å². The summed E-state index contributed by atoms with van der Waals surface area (Å²) in [5.74, 6) is 0.545. The lowest BCUT2D eigenvalue weighted by Crippen LogP contribution is -2.42. The molecule has 1 aliphatic rings. The molecule has 1 heterocycles. The van der Waals surface area contributed by atoms with Crippen molar-refractivity contribution in [2.24, 2.45) is 11.7 Å². The van der Waals surface area contributed by atoms with E-state index < -0.39 is 8.32 Å². The molecule has 0 saturated carbocycles. The third kappa shape index (κ3) is 3.93. The number of nitrogens with two attached hydrogens (primary N) is 1. The molecule has 0 amide bonds. The predicted octanol–water partition coefficient (Wildman–Crippen LogP) is 4.06. The molecule has 4 heteroatoms. The molecule has 0 unspecified atom stereocenters. The molecule has 2 rings (SSSR count). The van der Waals surface area contributed by atoms with Crippen molar-refractivity contribution in [2.45, 2.75) is 64.2 Å². The third-order valence-electron chi connectivity index (χ3n) is 5.17. The summed E-state index contributed by atoms with van der Waals surface area (Å²) in [5.41, 5.74) is 8.76. The van der Waals surface area contributed by atoms with Crippen molar-refractivity contribution in [2.75, 3.05) is 6.61 Å². The molecule has 3 nitrogen and oxygen atoms in total. The van der Waals surface area contributed by atoms with Crippen molar-refractivity contribution in [3.8, 4) is 0 Å². The maximum absolute atomic E-state index is 6.40. The number of aromatic nitrogens is 1. The van der Waals surface area contributed by atoms with Crippen LogP contribution in [0.2, 0.25) is 18.1 Å². The topological polar surface area (TPSA) is 48.1 Å². The second kappa shape index (κ2) is 6.19. The number of fused-ring (bicyclic) bond motifs is 1. The van der Waals surface area contributed by atoms with E-state index in [-0.39, 0.29) is 11.1 Å². The summed E-state index contributed by atoms with van der Waals surface area (Å²) in [5, 5.41) is 0.268. The van der Waals surface area contributed by atoms with Gasteiger partial charge in [0.05, 0.1) is 5.69 Å². The Morgan fingerprint density at radius 1 is 1.38 bits per heavy atom. The highest BCUT2D eigenvalue weighted by Gasteiger charge is 2.37. The predicted molar refractivity (Wildman–Crippen MR) is 90.7 cm³/mol. The first kappa shape index (κ1) is 16.7. The Balaban J connectivity index is 1.99. The summed E-state index contributed by atoms with van der Waals surface area (Å²) in [7, 11) is -1.66. The lowest BCUT2D eigenvalue weighted by molar-refractivity contribution is 0.209. The largest absolute Gasteiger partial charge is 0.417 e. The minimum Gasteiger partial charge on any atom is -0.417 e. The number of aryl methyl sites for hydroxylation is 1. The number of rotatable bonds is 3. The highest BCUT2D eigenvalue weighted by Crippen LogP contribution is 2.38. The smallest absolute Gasteiger partial charge is 0.191 e. The lowest BCUT2D eigenvalue weighted by Gasteiger charge is -2.37. The van der Waals surface area contributed by atoms with E-state index in [9.17, 15) is 0 Å². The maximum Gasteiger partial charge on any atom is 0.191 e. The Bertz CT molecular complexity index is 482. The van der Waals surface area contributed by atoms with E-state index in [0.717, 1.165) is 31.6 Å². The standard InChI is InChI=1S/C17H30N2OSi/c1-17(2,3)21(4,5)20-12-13-8-9-14-7-6-10-19-16(14)15(18)11-13/h6-7,10,13,15H,8-9,11-12,18H2,1-5H3/t13-,15+/m1/s1. The first-order valence-corrected chi connectivity index (χ1v) is 10.9. The molecule has 21 heavy (non-hydrogen) atoms. The van der Waals surface area contributed by atoms with Gasteiger partial charge in [-0.2, -0.15) is 0 Å². The van der Waals surface area contributed by atoms with E-state index in [1.165, 1.54) is 5.56 Å². The second-order valence-electron chi connectivity index (χ2n) is 7.87. The number of pyridine rings is 1. The first-order chi connectivity index (χ1) is 9.71. The fourth-order valence-corrected chi connectivity index (χ4v) is 3.72. The van der Waals surface area contributed by atoms with Crippen molar-refractivity contribution in [1.29, 1.82) is 0 Å². The molecule has 2 N–H and O–H groups in total. The van der Waals surface area contributed by atoms with Crippen molar-refractivity contribution >= 4 is 8.32 Å². The van der Waals surface area contributed by atoms with Crippen LogP contribution in [0.5, 0.6) is 0 Å². The van der Waals surface area contributed by atoms with Gasteiger partial charge in [0.1, 0.15) is 0 Å². The van der Waals surface area contributed by atoms with Gasteiger partial charge in [0, 0.05) is 18.8 Å². The summed E-state index contributed by atoms with van der Waals surface area (Å²) in [6, 6.07) is 4.23. The van der Waals surface area contributed by atoms with Crippen LogP contribution in [0.1, 0.15) is 50.9 Å². The summed E-state index contributed by atoms with van der Waals surface area (Å²) < 4.78 is 6.40. The SMILES string of the molecule is CC(C)(C)[Si](C)(C)OC[C@@H]1CCc2cccnc2[C@@H](N)C1. The van der Waals surface area contributed by atoms with Gasteiger partial charge in [-0.05, 0) is 54.9 Å². The average Bonchev–Trinajstić information content (AvgIpc) is 2.55. The second-order valence-corrected chi connectivity index (χ2v) is 12.7. The average molecular weight is 307 g/mol. The van der Waals surface area contributed by atoms with Gasteiger partial charge in [0.2, 0.25) is 0 Å². The van der Waals surface area contributed by atoms with Gasteiger partial charge in [-0.3, -0.25) is 4.98 Å². The number of nitrogens with zero attached hydrogens (tertiary/aromatic N) is 1. The van der Waals surface area contributed by atoms with Crippen LogP contribution in [-0.2, 0) is 10.8 Å². The van der Waals surface area contributed by atoms with Gasteiger partial charge in [-0.25, -0.2) is 0 Å². The lowest BCUT2D eigenvalue weighted by atomic mass is 9.99. The zero-order valence-corrected chi connectivity index (χ0v) is 15.1. The van der Waals surface area contributed by atoms with Gasteiger partial charge in [-0.15, -0.1) is 0 Å². The van der Waals surface area contributed by atoms with Crippen LogP contribution in [0, 0.1) is 5.92 Å². The highest BCUT2D eigenvalue weighted by molar-refractivity contribution is 6.74. The molecule has 1 aromatic rings. The van der Waals surface area contributed by atoms with E-state index >= 15 is 0 Å². The van der Waals surface area contributed by atoms with Gasteiger partial charge < -0.3 is 10.2 Å². The highest BCUT2D eigenvalue weighted by atomic mass is 28.4. The van der Waals surface area contributed by atoms with Crippen LogP contribution in [0.3, 0.4) is 0 Å². The van der Waals surface area contributed by atoms with Crippen molar-refractivity contribution in [3.63, 3.8) is 0 Å². The van der Waals surface area contributed by atoms with E-state index in [2.05, 4.69) is 44.9 Å². The summed E-state index contributed by atoms with van der Waals surface area (Å²) in [6.07, 6.45) is 5.06. The molecule has 1 aromatic heterocycles. The Labute approximate surface area is 130 Å². The molecule has 0 aromatic carbocycles. The number of hydrogen-bond donors (Lipinski definition) is 1. The summed E-state index contributed by atoms with van der Waals surface area (Å²) >= 11 is 0. The molecule has 118 valence electrons. The van der Waals surface area contributed by atoms with Gasteiger partial charge >= 0.3 is 0 Å². The normalized spacial score (nSPS) is 23.5. The maximum atomic E-state index is 6.40. The van der Waals surface area contributed by atoms with Crippen molar-refractivity contribution in [1.82, 2.24) is 4.98 Å². The quantitative estimate of drug-likeness (QED) is 0.677. The fourth-order valence-electron chi connectivity index (χ4n) is 2.64. The van der Waals surface area contributed by atoms with Crippen LogP contribution in [0.4, 0.5) is 0 Å². The molecule has 2 atom stereocenters. The first-order valence-electron chi connectivity index (χ1n) is 8.04. The minimum absolute atomic E-state index is 0.0525. The van der Waals surface area contributed by atoms with Gasteiger partial charge in [0.25, 0.3) is 0 Å². The minimum atomic E-state index is -1.66. The zero-order valence-electron chi connectivity index (χ0n) is 14.1. The molecule has 0 bridgehead atoms. The molecule has 0 fully saturated rings. The fraction of sp³-hybridized carbons (Fsp3) is 0.706. The summed E-state index contributed by atoms with van der Waals surface area (Å²) in [4.78, 5) is 4.49. The Hall–Kier alpha value is -0.713. The van der Waals surface area contributed by atoms with Crippen molar-refractivity contribution < 1.29 is 4.43 Å². The van der Waals surface area contributed by atoms with Crippen LogP contribution in [-0.4, -0.2) is 19.9 Å². The van der Waals surface area contributed by atoms with E-state index in [1.807, 2.05) is 12.3 Å². The van der Waals surface area contributed by atoms with E-state index in [0.29, 0.717) is 5.92 Å². The van der Waals surface area contributed by atoms with Crippen molar-refractivity contribution in [3.05, 3.63) is 29.6 Å². The summed E-state index contributed by atoms with van der Waals surface area (Å²) in [6.45, 7) is 12.4. The van der Waals surface area contributed by atoms with Crippen LogP contribution < -0.4 is 5.73 Å². The Morgan fingerprint density at radius 2 is 2.10 bits per heavy atom. The molecule has 0 spiro atoms. The molecular formula is C17H30N2OSi. The molecule has 0 saturated heterocycles. The monoisotopic (exact) mass is 306 g/mol. The Kier molecular flexibility index (Phi) is 4.91. The molecule has 1 aliphatic carbocycles.